The molecule has 1 N–H and O–H groups in total. The Hall–Kier alpha value is -3.35. The summed E-state index contributed by atoms with van der Waals surface area (Å²) >= 11 is 0. The molecular formula is C20H21N3O4. The van der Waals surface area contributed by atoms with Crippen molar-refractivity contribution in [1.82, 2.24) is 9.55 Å². The Morgan fingerprint density at radius 3 is 2.63 bits per heavy atom. The summed E-state index contributed by atoms with van der Waals surface area (Å²) in [6, 6.07) is 10.6. The van der Waals surface area contributed by atoms with Crippen LogP contribution in [0.25, 0.3) is 11.0 Å². The lowest BCUT2D eigenvalue weighted by Gasteiger charge is -2.11. The third-order valence-electron chi connectivity index (χ3n) is 4.40. The van der Waals surface area contributed by atoms with Gasteiger partial charge in [0.05, 0.1) is 18.1 Å². The SMILES string of the molecule is COC(=O)COc1ccc(NC(=O)c2ccc3c(c2)nc(C)n3C)c(C)c1. The average Bonchev–Trinajstić information content (AvgIpc) is 2.95. The number of rotatable bonds is 5. The molecule has 7 nitrogen and oxygen atoms in total. The first-order chi connectivity index (χ1) is 12.9. The first kappa shape index (κ1) is 18.4. The Kier molecular flexibility index (Phi) is 5.12. The highest BCUT2D eigenvalue weighted by Crippen LogP contribution is 2.23. The van der Waals surface area contributed by atoms with Gasteiger partial charge >= 0.3 is 5.97 Å². The topological polar surface area (TPSA) is 82.4 Å². The van der Waals surface area contributed by atoms with Crippen LogP contribution in [-0.4, -0.2) is 35.1 Å². The van der Waals surface area contributed by atoms with E-state index in [1.807, 2.05) is 31.5 Å². The van der Waals surface area contributed by atoms with Crippen LogP contribution in [0.1, 0.15) is 21.7 Å². The molecule has 0 aliphatic carbocycles. The molecule has 0 aliphatic heterocycles. The molecule has 3 rings (SSSR count). The minimum atomic E-state index is -0.454. The summed E-state index contributed by atoms with van der Waals surface area (Å²) in [5.74, 6) is 0.749. The molecule has 140 valence electrons. The second-order valence-electron chi connectivity index (χ2n) is 6.22. The zero-order valence-electron chi connectivity index (χ0n) is 15.7. The van der Waals surface area contributed by atoms with Crippen LogP contribution in [-0.2, 0) is 16.6 Å². The second kappa shape index (κ2) is 7.49. The number of nitrogens with zero attached hydrogens (tertiary/aromatic N) is 2. The maximum atomic E-state index is 12.6. The van der Waals surface area contributed by atoms with Gasteiger partial charge < -0.3 is 19.4 Å². The number of carbonyl (C=O) groups excluding carboxylic acids is 2. The van der Waals surface area contributed by atoms with Crippen LogP contribution in [0, 0.1) is 13.8 Å². The third kappa shape index (κ3) is 3.92. The van der Waals surface area contributed by atoms with Gasteiger partial charge in [0.1, 0.15) is 11.6 Å². The number of esters is 1. The fraction of sp³-hybridized carbons (Fsp3) is 0.250. The van der Waals surface area contributed by atoms with Gasteiger partial charge in [0.15, 0.2) is 6.61 Å². The van der Waals surface area contributed by atoms with E-state index in [1.54, 1.807) is 30.3 Å². The molecule has 1 amide bonds. The van der Waals surface area contributed by atoms with Crippen molar-refractivity contribution in [1.29, 1.82) is 0 Å². The summed E-state index contributed by atoms with van der Waals surface area (Å²) in [5, 5.41) is 2.90. The van der Waals surface area contributed by atoms with Crippen molar-refractivity contribution in [2.45, 2.75) is 13.8 Å². The Morgan fingerprint density at radius 1 is 1.15 bits per heavy atom. The number of ether oxygens (including phenoxy) is 2. The monoisotopic (exact) mass is 367 g/mol. The number of aryl methyl sites for hydroxylation is 3. The Balaban J connectivity index is 1.74. The van der Waals surface area contributed by atoms with E-state index in [-0.39, 0.29) is 12.5 Å². The van der Waals surface area contributed by atoms with Gasteiger partial charge in [0.25, 0.3) is 5.91 Å². The Labute approximate surface area is 156 Å². The van der Waals surface area contributed by atoms with Gasteiger partial charge in [0.2, 0.25) is 0 Å². The number of carbonyl (C=O) groups is 2. The van der Waals surface area contributed by atoms with Crippen LogP contribution in [0.5, 0.6) is 5.75 Å². The number of nitrogens with one attached hydrogen (secondary N) is 1. The molecule has 0 fully saturated rings. The van der Waals surface area contributed by atoms with E-state index in [1.165, 1.54) is 7.11 Å². The summed E-state index contributed by atoms with van der Waals surface area (Å²) in [4.78, 5) is 28.2. The summed E-state index contributed by atoms with van der Waals surface area (Å²) in [6.07, 6.45) is 0. The molecule has 3 aromatic rings. The zero-order valence-corrected chi connectivity index (χ0v) is 15.7. The number of hydrogen-bond donors (Lipinski definition) is 1. The number of aromatic nitrogens is 2. The molecule has 0 spiro atoms. The van der Waals surface area contributed by atoms with Crippen LogP contribution >= 0.6 is 0 Å². The van der Waals surface area contributed by atoms with E-state index < -0.39 is 5.97 Å². The Bertz CT molecular complexity index is 1020. The van der Waals surface area contributed by atoms with Crippen molar-refractivity contribution in [2.24, 2.45) is 7.05 Å². The van der Waals surface area contributed by atoms with E-state index in [0.29, 0.717) is 17.0 Å². The Morgan fingerprint density at radius 2 is 1.93 bits per heavy atom. The molecule has 1 aromatic heterocycles. The van der Waals surface area contributed by atoms with Crippen LogP contribution in [0.3, 0.4) is 0 Å². The number of hydrogen-bond acceptors (Lipinski definition) is 5. The molecule has 0 bridgehead atoms. The summed E-state index contributed by atoms with van der Waals surface area (Å²) in [7, 11) is 3.25. The molecule has 0 radical (unpaired) electrons. The van der Waals surface area contributed by atoms with Crippen LogP contribution in [0.15, 0.2) is 36.4 Å². The standard InChI is InChI=1S/C20H21N3O4/c1-12-9-15(27-11-19(24)26-4)6-7-16(12)22-20(25)14-5-8-18-17(10-14)21-13(2)23(18)3/h5-10H,11H2,1-4H3,(H,22,25). The quantitative estimate of drug-likeness (QED) is 0.701. The average molecular weight is 367 g/mol. The first-order valence-corrected chi connectivity index (χ1v) is 8.43. The van der Waals surface area contributed by atoms with Gasteiger partial charge in [-0.15, -0.1) is 0 Å². The summed E-state index contributed by atoms with van der Waals surface area (Å²) < 4.78 is 11.9. The van der Waals surface area contributed by atoms with E-state index in [4.69, 9.17) is 4.74 Å². The molecule has 27 heavy (non-hydrogen) atoms. The minimum absolute atomic E-state index is 0.162. The number of imidazole rings is 1. The van der Waals surface area contributed by atoms with Crippen molar-refractivity contribution in [3.05, 3.63) is 53.3 Å². The normalized spacial score (nSPS) is 10.7. The largest absolute Gasteiger partial charge is 0.482 e. The minimum Gasteiger partial charge on any atom is -0.482 e. The molecule has 0 aliphatic rings. The predicted molar refractivity (Wildman–Crippen MR) is 102 cm³/mol. The lowest BCUT2D eigenvalue weighted by molar-refractivity contribution is -0.142. The number of benzene rings is 2. The second-order valence-corrected chi connectivity index (χ2v) is 6.22. The summed E-state index contributed by atoms with van der Waals surface area (Å²) in [5.41, 5.74) is 3.78. The van der Waals surface area contributed by atoms with E-state index in [2.05, 4.69) is 15.0 Å². The number of fused-ring (bicyclic) bond motifs is 1. The van der Waals surface area contributed by atoms with Gasteiger partial charge in [-0.25, -0.2) is 9.78 Å². The van der Waals surface area contributed by atoms with Crippen molar-refractivity contribution in [2.75, 3.05) is 19.0 Å². The predicted octanol–water partition coefficient (Wildman–Crippen LogP) is 2.99. The van der Waals surface area contributed by atoms with E-state index >= 15 is 0 Å². The van der Waals surface area contributed by atoms with Crippen molar-refractivity contribution < 1.29 is 19.1 Å². The number of anilines is 1. The summed E-state index contributed by atoms with van der Waals surface area (Å²) in [6.45, 7) is 3.62. The number of amides is 1. The van der Waals surface area contributed by atoms with Crippen molar-refractivity contribution in [3.8, 4) is 5.75 Å². The fourth-order valence-electron chi connectivity index (χ4n) is 2.72. The van der Waals surface area contributed by atoms with Crippen molar-refractivity contribution >= 4 is 28.6 Å². The third-order valence-corrected chi connectivity index (χ3v) is 4.40. The maximum absolute atomic E-state index is 12.6. The maximum Gasteiger partial charge on any atom is 0.343 e. The fourth-order valence-corrected chi connectivity index (χ4v) is 2.72. The first-order valence-electron chi connectivity index (χ1n) is 8.43. The highest BCUT2D eigenvalue weighted by atomic mass is 16.6. The zero-order chi connectivity index (χ0) is 19.6. The lowest BCUT2D eigenvalue weighted by atomic mass is 10.1. The van der Waals surface area contributed by atoms with Crippen molar-refractivity contribution in [3.63, 3.8) is 0 Å². The van der Waals surface area contributed by atoms with Gasteiger partial charge in [-0.3, -0.25) is 4.79 Å². The molecule has 2 aromatic carbocycles. The molecule has 0 atom stereocenters. The molecule has 0 unspecified atom stereocenters. The van der Waals surface area contributed by atoms with Gasteiger partial charge in [-0.2, -0.15) is 0 Å². The number of methoxy groups -OCH3 is 1. The van der Waals surface area contributed by atoms with Crippen LogP contribution in [0.4, 0.5) is 5.69 Å². The van der Waals surface area contributed by atoms with Crippen LogP contribution in [0.2, 0.25) is 0 Å². The van der Waals surface area contributed by atoms with E-state index in [0.717, 1.165) is 22.4 Å². The van der Waals surface area contributed by atoms with Crippen LogP contribution < -0.4 is 10.1 Å². The molecule has 1 heterocycles. The van der Waals surface area contributed by atoms with Gasteiger partial charge in [-0.05, 0) is 55.8 Å². The highest BCUT2D eigenvalue weighted by Gasteiger charge is 2.12. The molecular weight excluding hydrogens is 346 g/mol. The van der Waals surface area contributed by atoms with Gasteiger partial charge in [0, 0.05) is 18.3 Å². The van der Waals surface area contributed by atoms with E-state index in [9.17, 15) is 9.59 Å². The lowest BCUT2D eigenvalue weighted by Crippen LogP contribution is -2.14. The smallest absolute Gasteiger partial charge is 0.343 e. The van der Waals surface area contributed by atoms with Gasteiger partial charge in [-0.1, -0.05) is 0 Å². The highest BCUT2D eigenvalue weighted by molar-refractivity contribution is 6.06. The molecule has 0 saturated carbocycles. The molecule has 7 heteroatoms. The molecule has 0 saturated heterocycles.